The number of piperidine rings is 1. The Hall–Kier alpha value is -2.74. The number of aromatic nitrogens is 2. The number of nitriles is 1. The third-order valence-electron chi connectivity index (χ3n) is 5.46. The van der Waals surface area contributed by atoms with Crippen molar-refractivity contribution in [2.24, 2.45) is 0 Å². The van der Waals surface area contributed by atoms with Crippen LogP contribution in [0.5, 0.6) is 0 Å². The summed E-state index contributed by atoms with van der Waals surface area (Å²) in [4.78, 5) is 24.0. The minimum absolute atomic E-state index is 0.00963. The van der Waals surface area contributed by atoms with Crippen molar-refractivity contribution >= 4 is 5.91 Å². The third-order valence-corrected chi connectivity index (χ3v) is 5.46. The van der Waals surface area contributed by atoms with Gasteiger partial charge in [-0.25, -0.2) is 9.97 Å². The Bertz CT molecular complexity index is 882. The molecular formula is C20H20N4O. The van der Waals surface area contributed by atoms with Crippen LogP contribution in [-0.4, -0.2) is 33.9 Å². The van der Waals surface area contributed by atoms with E-state index in [-0.39, 0.29) is 11.3 Å². The summed E-state index contributed by atoms with van der Waals surface area (Å²) in [5.41, 5.74) is 3.44. The lowest BCUT2D eigenvalue weighted by atomic mass is 9.77. The molecule has 1 aromatic heterocycles. The maximum Gasteiger partial charge on any atom is 0.253 e. The second kappa shape index (κ2) is 5.96. The second-order valence-electron chi connectivity index (χ2n) is 7.09. The first-order valence-electron chi connectivity index (χ1n) is 8.74. The van der Waals surface area contributed by atoms with Gasteiger partial charge in [-0.15, -0.1) is 0 Å². The molecule has 1 aliphatic heterocycles. The van der Waals surface area contributed by atoms with E-state index < -0.39 is 0 Å². The van der Waals surface area contributed by atoms with Crippen LogP contribution in [0.15, 0.2) is 30.5 Å². The summed E-state index contributed by atoms with van der Waals surface area (Å²) in [5, 5.41) is 9.07. The summed E-state index contributed by atoms with van der Waals surface area (Å²) in [6.07, 6.45) is 6.01. The van der Waals surface area contributed by atoms with Gasteiger partial charge in [0.1, 0.15) is 5.82 Å². The van der Waals surface area contributed by atoms with Gasteiger partial charge in [-0.05, 0) is 56.4 Å². The molecule has 1 amide bonds. The summed E-state index contributed by atoms with van der Waals surface area (Å²) in [7, 11) is 0. The topological polar surface area (TPSA) is 69.9 Å². The summed E-state index contributed by atoms with van der Waals surface area (Å²) in [6, 6.07) is 9.07. The molecule has 0 bridgehead atoms. The van der Waals surface area contributed by atoms with Crippen molar-refractivity contribution in [2.75, 3.05) is 13.1 Å². The highest BCUT2D eigenvalue weighted by atomic mass is 16.2. The molecule has 1 spiro atoms. The molecule has 1 aromatic carbocycles. The van der Waals surface area contributed by atoms with Gasteiger partial charge in [0.05, 0.1) is 17.3 Å². The predicted octanol–water partition coefficient (Wildman–Crippen LogP) is 2.78. The third kappa shape index (κ3) is 2.68. The highest BCUT2D eigenvalue weighted by molar-refractivity contribution is 5.94. The Morgan fingerprint density at radius 2 is 2.24 bits per heavy atom. The Morgan fingerprint density at radius 1 is 1.36 bits per heavy atom. The first kappa shape index (κ1) is 15.8. The number of carbonyl (C=O) groups is 1. The Morgan fingerprint density at radius 3 is 3.08 bits per heavy atom. The minimum atomic E-state index is -0.0379. The minimum Gasteiger partial charge on any atom is -0.338 e. The zero-order valence-corrected chi connectivity index (χ0v) is 14.3. The Labute approximate surface area is 147 Å². The van der Waals surface area contributed by atoms with Crippen molar-refractivity contribution in [1.29, 1.82) is 5.26 Å². The molecule has 2 aromatic rings. The normalized spacial score (nSPS) is 21.8. The van der Waals surface area contributed by atoms with Crippen LogP contribution >= 0.6 is 0 Å². The average Bonchev–Trinajstić information content (AvgIpc) is 2.98. The molecule has 1 atom stereocenters. The SMILES string of the molecule is Cc1ncc2c(n1)C1(CCCN(C(=O)c3cccc(C#N)c3)C1)CC2. The van der Waals surface area contributed by atoms with E-state index >= 15 is 0 Å². The Kier molecular flexibility index (Phi) is 3.76. The number of nitrogens with zero attached hydrogens (tertiary/aromatic N) is 4. The molecule has 1 aliphatic carbocycles. The fourth-order valence-corrected chi connectivity index (χ4v) is 4.24. The number of amides is 1. The average molecular weight is 332 g/mol. The molecule has 25 heavy (non-hydrogen) atoms. The number of hydrogen-bond acceptors (Lipinski definition) is 4. The van der Waals surface area contributed by atoms with Crippen LogP contribution in [-0.2, 0) is 11.8 Å². The first-order chi connectivity index (χ1) is 12.1. The van der Waals surface area contributed by atoms with Gasteiger partial charge in [0.15, 0.2) is 0 Å². The maximum absolute atomic E-state index is 13.0. The number of carbonyl (C=O) groups excluding carboxylic acids is 1. The van der Waals surface area contributed by atoms with Crippen molar-refractivity contribution in [3.8, 4) is 6.07 Å². The van der Waals surface area contributed by atoms with Crippen LogP contribution in [0.2, 0.25) is 0 Å². The zero-order valence-electron chi connectivity index (χ0n) is 14.3. The van der Waals surface area contributed by atoms with Crippen molar-refractivity contribution < 1.29 is 4.79 Å². The van der Waals surface area contributed by atoms with Crippen molar-refractivity contribution in [3.05, 3.63) is 58.7 Å². The van der Waals surface area contributed by atoms with E-state index in [9.17, 15) is 4.79 Å². The van der Waals surface area contributed by atoms with Crippen LogP contribution in [0.3, 0.4) is 0 Å². The first-order valence-corrected chi connectivity index (χ1v) is 8.74. The number of rotatable bonds is 1. The fourth-order valence-electron chi connectivity index (χ4n) is 4.24. The van der Waals surface area contributed by atoms with Gasteiger partial charge in [-0.1, -0.05) is 6.07 Å². The molecule has 1 unspecified atom stereocenters. The molecule has 0 saturated carbocycles. The van der Waals surface area contributed by atoms with Crippen LogP contribution < -0.4 is 0 Å². The van der Waals surface area contributed by atoms with Crippen LogP contribution in [0.25, 0.3) is 0 Å². The number of fused-ring (bicyclic) bond motifs is 2. The number of hydrogen-bond donors (Lipinski definition) is 0. The molecular weight excluding hydrogens is 312 g/mol. The quantitative estimate of drug-likeness (QED) is 0.805. The molecule has 2 heterocycles. The lowest BCUT2D eigenvalue weighted by molar-refractivity contribution is 0.0633. The summed E-state index contributed by atoms with van der Waals surface area (Å²) < 4.78 is 0. The van der Waals surface area contributed by atoms with E-state index in [1.807, 2.05) is 18.0 Å². The highest BCUT2D eigenvalue weighted by Crippen LogP contribution is 2.44. The lowest BCUT2D eigenvalue weighted by Crippen LogP contribution is -2.48. The molecule has 1 saturated heterocycles. The van der Waals surface area contributed by atoms with Crippen LogP contribution in [0.4, 0.5) is 0 Å². The molecule has 1 fully saturated rings. The largest absolute Gasteiger partial charge is 0.338 e. The molecule has 126 valence electrons. The summed E-state index contributed by atoms with van der Waals surface area (Å²) >= 11 is 0. The molecule has 5 heteroatoms. The van der Waals surface area contributed by atoms with E-state index in [1.165, 1.54) is 5.56 Å². The fraction of sp³-hybridized carbons (Fsp3) is 0.400. The molecule has 5 nitrogen and oxygen atoms in total. The second-order valence-corrected chi connectivity index (χ2v) is 7.09. The summed E-state index contributed by atoms with van der Waals surface area (Å²) in [5.74, 6) is 0.806. The van der Waals surface area contributed by atoms with E-state index in [2.05, 4.69) is 11.1 Å². The van der Waals surface area contributed by atoms with E-state index in [0.717, 1.165) is 43.7 Å². The highest BCUT2D eigenvalue weighted by Gasteiger charge is 2.44. The van der Waals surface area contributed by atoms with E-state index in [4.69, 9.17) is 10.2 Å². The van der Waals surface area contributed by atoms with Gasteiger partial charge in [0.2, 0.25) is 0 Å². The summed E-state index contributed by atoms with van der Waals surface area (Å²) in [6.45, 7) is 3.38. The van der Waals surface area contributed by atoms with Crippen molar-refractivity contribution in [3.63, 3.8) is 0 Å². The molecule has 0 radical (unpaired) electrons. The monoisotopic (exact) mass is 332 g/mol. The number of benzene rings is 1. The smallest absolute Gasteiger partial charge is 0.253 e. The lowest BCUT2D eigenvalue weighted by Gasteiger charge is -2.40. The van der Waals surface area contributed by atoms with Gasteiger partial charge in [0.25, 0.3) is 5.91 Å². The van der Waals surface area contributed by atoms with Gasteiger partial charge < -0.3 is 4.90 Å². The van der Waals surface area contributed by atoms with Gasteiger partial charge in [-0.3, -0.25) is 4.79 Å². The number of likely N-dealkylation sites (tertiary alicyclic amines) is 1. The van der Waals surface area contributed by atoms with Gasteiger partial charge in [-0.2, -0.15) is 5.26 Å². The Balaban J connectivity index is 1.63. The van der Waals surface area contributed by atoms with Crippen LogP contribution in [0, 0.1) is 18.3 Å². The zero-order chi connectivity index (χ0) is 17.4. The number of aryl methyl sites for hydroxylation is 2. The van der Waals surface area contributed by atoms with Gasteiger partial charge >= 0.3 is 0 Å². The van der Waals surface area contributed by atoms with Crippen LogP contribution in [0.1, 0.15) is 52.3 Å². The van der Waals surface area contributed by atoms with Crippen molar-refractivity contribution in [1.82, 2.24) is 14.9 Å². The molecule has 4 rings (SSSR count). The van der Waals surface area contributed by atoms with Gasteiger partial charge in [0, 0.05) is 30.3 Å². The molecule has 2 aliphatic rings. The van der Waals surface area contributed by atoms with E-state index in [1.54, 1.807) is 24.3 Å². The standard InChI is InChI=1S/C20H20N4O/c1-14-22-12-17-6-8-20(18(17)23-14)7-3-9-24(13-20)19(25)16-5-2-4-15(10-16)11-21/h2,4-5,10,12H,3,6-9,13H2,1H3. The van der Waals surface area contributed by atoms with Crippen molar-refractivity contribution in [2.45, 2.75) is 38.0 Å². The predicted molar refractivity (Wildman–Crippen MR) is 93.1 cm³/mol. The maximum atomic E-state index is 13.0. The molecule has 0 N–H and O–H groups in total. The van der Waals surface area contributed by atoms with E-state index in [0.29, 0.717) is 17.7 Å².